The molecule has 0 aromatic heterocycles. The van der Waals surface area contributed by atoms with Crippen molar-refractivity contribution in [3.05, 3.63) is 22.2 Å². The molecule has 1 rings (SSSR count). The lowest BCUT2D eigenvalue weighted by Gasteiger charge is -2.25. The molecule has 0 aliphatic carbocycles. The van der Waals surface area contributed by atoms with Crippen LogP contribution in [0, 0.1) is 0 Å². The number of hydrogen-bond donors (Lipinski definition) is 2. The molecule has 22 heavy (non-hydrogen) atoms. The van der Waals surface area contributed by atoms with Gasteiger partial charge in [-0.3, -0.25) is 4.79 Å². The van der Waals surface area contributed by atoms with Gasteiger partial charge in [-0.1, -0.05) is 23.2 Å². The summed E-state index contributed by atoms with van der Waals surface area (Å²) >= 11 is 11.9. The number of halogens is 2. The highest BCUT2D eigenvalue weighted by Crippen LogP contribution is 2.33. The van der Waals surface area contributed by atoms with Crippen molar-refractivity contribution in [3.63, 3.8) is 0 Å². The van der Waals surface area contributed by atoms with Crippen LogP contribution in [-0.2, 0) is 14.8 Å². The fourth-order valence-electron chi connectivity index (χ4n) is 1.76. The molecular formula is C13H17Cl2NO5S. The van der Waals surface area contributed by atoms with Gasteiger partial charge in [0.25, 0.3) is 0 Å². The zero-order valence-electron chi connectivity index (χ0n) is 12.3. The molecule has 2 N–H and O–H groups in total. The Morgan fingerprint density at radius 2 is 1.91 bits per heavy atom. The van der Waals surface area contributed by atoms with Crippen molar-refractivity contribution in [1.82, 2.24) is 4.72 Å². The number of carbonyl (C=O) groups is 1. The van der Waals surface area contributed by atoms with Gasteiger partial charge >= 0.3 is 5.97 Å². The molecule has 0 bridgehead atoms. The van der Waals surface area contributed by atoms with E-state index < -0.39 is 21.5 Å². The standard InChI is InChI=1S/C13H17Cl2NO5S/c1-13(2,5-4-12(17)18)16-22(19,20)11-7-8(14)10(21-3)6-9(11)15/h6-7,16H,4-5H2,1-3H3,(H,17,18). The molecule has 0 aliphatic heterocycles. The van der Waals surface area contributed by atoms with Crippen molar-refractivity contribution < 1.29 is 23.1 Å². The lowest BCUT2D eigenvalue weighted by Crippen LogP contribution is -2.43. The summed E-state index contributed by atoms with van der Waals surface area (Å²) < 4.78 is 32.2. The molecule has 124 valence electrons. The van der Waals surface area contributed by atoms with E-state index in [1.807, 2.05) is 0 Å². The van der Waals surface area contributed by atoms with Gasteiger partial charge in [0, 0.05) is 18.0 Å². The molecule has 0 saturated heterocycles. The topological polar surface area (TPSA) is 92.7 Å². The Morgan fingerprint density at radius 1 is 1.32 bits per heavy atom. The molecule has 0 atom stereocenters. The molecule has 6 nitrogen and oxygen atoms in total. The summed E-state index contributed by atoms with van der Waals surface area (Å²) in [4.78, 5) is 10.4. The van der Waals surface area contributed by atoms with Gasteiger partial charge in [0.2, 0.25) is 10.0 Å². The van der Waals surface area contributed by atoms with Gasteiger partial charge in [0.1, 0.15) is 10.6 Å². The highest BCUT2D eigenvalue weighted by molar-refractivity contribution is 7.89. The second-order valence-electron chi connectivity index (χ2n) is 5.30. The van der Waals surface area contributed by atoms with E-state index in [0.29, 0.717) is 0 Å². The van der Waals surface area contributed by atoms with E-state index in [1.54, 1.807) is 13.8 Å². The van der Waals surface area contributed by atoms with Gasteiger partial charge in [0.15, 0.2) is 0 Å². The third kappa shape index (κ3) is 5.01. The number of aliphatic carboxylic acids is 1. The first-order chi connectivity index (χ1) is 9.98. The van der Waals surface area contributed by atoms with Crippen LogP contribution >= 0.6 is 23.2 Å². The number of benzene rings is 1. The van der Waals surface area contributed by atoms with E-state index in [4.69, 9.17) is 33.0 Å². The Labute approximate surface area is 139 Å². The predicted octanol–water partition coefficient (Wildman–Crippen LogP) is 2.92. The Morgan fingerprint density at radius 3 is 2.41 bits per heavy atom. The first kappa shape index (κ1) is 19.0. The molecule has 0 saturated carbocycles. The van der Waals surface area contributed by atoms with E-state index in [-0.39, 0.29) is 33.5 Å². The predicted molar refractivity (Wildman–Crippen MR) is 84.3 cm³/mol. The number of hydrogen-bond acceptors (Lipinski definition) is 4. The minimum atomic E-state index is -3.96. The van der Waals surface area contributed by atoms with Gasteiger partial charge in [-0.15, -0.1) is 0 Å². The number of ether oxygens (including phenoxy) is 1. The summed E-state index contributed by atoms with van der Waals surface area (Å²) in [5.74, 6) is -0.742. The molecule has 1 aromatic carbocycles. The second-order valence-corrected chi connectivity index (χ2v) is 7.77. The van der Waals surface area contributed by atoms with Gasteiger partial charge in [0.05, 0.1) is 17.2 Å². The number of rotatable bonds is 7. The molecule has 0 amide bonds. The Bertz CT molecular complexity index is 673. The van der Waals surface area contributed by atoms with Crippen LogP contribution in [0.4, 0.5) is 0 Å². The van der Waals surface area contributed by atoms with E-state index in [2.05, 4.69) is 4.72 Å². The summed E-state index contributed by atoms with van der Waals surface area (Å²) in [6.07, 6.45) is -0.0321. The summed E-state index contributed by atoms with van der Waals surface area (Å²) in [5, 5.41) is 8.77. The van der Waals surface area contributed by atoms with Crippen LogP contribution in [0.5, 0.6) is 5.75 Å². The number of nitrogens with one attached hydrogen (secondary N) is 1. The zero-order chi connectivity index (χ0) is 17.1. The van der Waals surface area contributed by atoms with Crippen LogP contribution in [0.1, 0.15) is 26.7 Å². The summed E-state index contributed by atoms with van der Waals surface area (Å²) in [6, 6.07) is 2.50. The monoisotopic (exact) mass is 369 g/mol. The summed E-state index contributed by atoms with van der Waals surface area (Å²) in [6.45, 7) is 3.18. The first-order valence-corrected chi connectivity index (χ1v) is 8.51. The van der Waals surface area contributed by atoms with Crippen molar-refractivity contribution in [2.75, 3.05) is 7.11 Å². The van der Waals surface area contributed by atoms with E-state index in [0.717, 1.165) is 0 Å². The highest BCUT2D eigenvalue weighted by Gasteiger charge is 2.29. The van der Waals surface area contributed by atoms with Crippen LogP contribution in [0.25, 0.3) is 0 Å². The SMILES string of the molecule is COc1cc(Cl)c(S(=O)(=O)NC(C)(C)CCC(=O)O)cc1Cl. The molecule has 0 radical (unpaired) electrons. The Hall–Kier alpha value is -1.02. The third-order valence-corrected chi connectivity index (χ3v) is 5.33. The van der Waals surface area contributed by atoms with Gasteiger partial charge in [-0.25, -0.2) is 13.1 Å². The number of carboxylic acid groups (broad SMARTS) is 1. The van der Waals surface area contributed by atoms with E-state index in [9.17, 15) is 13.2 Å². The largest absolute Gasteiger partial charge is 0.495 e. The van der Waals surface area contributed by atoms with E-state index >= 15 is 0 Å². The minimum Gasteiger partial charge on any atom is -0.495 e. The van der Waals surface area contributed by atoms with Crippen molar-refractivity contribution in [1.29, 1.82) is 0 Å². The molecular weight excluding hydrogens is 353 g/mol. The minimum absolute atomic E-state index is 0.0391. The maximum Gasteiger partial charge on any atom is 0.303 e. The second kappa shape index (κ2) is 7.04. The average Bonchev–Trinajstić information content (AvgIpc) is 2.37. The molecule has 0 fully saturated rings. The normalized spacial score (nSPS) is 12.2. The van der Waals surface area contributed by atoms with Gasteiger partial charge in [-0.2, -0.15) is 0 Å². The molecule has 0 spiro atoms. The lowest BCUT2D eigenvalue weighted by atomic mass is 10.0. The van der Waals surface area contributed by atoms with Crippen LogP contribution < -0.4 is 9.46 Å². The Balaban J connectivity index is 3.09. The number of methoxy groups -OCH3 is 1. The van der Waals surface area contributed by atoms with Crippen molar-refractivity contribution in [2.45, 2.75) is 37.1 Å². The average molecular weight is 370 g/mol. The number of carboxylic acids is 1. The quantitative estimate of drug-likeness (QED) is 0.770. The van der Waals surface area contributed by atoms with Gasteiger partial charge < -0.3 is 9.84 Å². The van der Waals surface area contributed by atoms with Crippen molar-refractivity contribution >= 4 is 39.2 Å². The zero-order valence-corrected chi connectivity index (χ0v) is 14.6. The van der Waals surface area contributed by atoms with Crippen LogP contribution in [0.3, 0.4) is 0 Å². The molecule has 1 aromatic rings. The highest BCUT2D eigenvalue weighted by atomic mass is 35.5. The summed E-state index contributed by atoms with van der Waals surface area (Å²) in [7, 11) is -2.57. The van der Waals surface area contributed by atoms with Crippen molar-refractivity contribution in [3.8, 4) is 5.75 Å². The third-order valence-electron chi connectivity index (χ3n) is 2.87. The van der Waals surface area contributed by atoms with E-state index in [1.165, 1.54) is 19.2 Å². The van der Waals surface area contributed by atoms with Crippen molar-refractivity contribution in [2.24, 2.45) is 0 Å². The first-order valence-electron chi connectivity index (χ1n) is 6.27. The number of sulfonamides is 1. The fraction of sp³-hybridized carbons (Fsp3) is 0.462. The van der Waals surface area contributed by atoms with Crippen LogP contribution in [0.15, 0.2) is 17.0 Å². The smallest absolute Gasteiger partial charge is 0.303 e. The fourth-order valence-corrected chi connectivity index (χ4v) is 4.05. The van der Waals surface area contributed by atoms with Gasteiger partial charge in [-0.05, 0) is 26.3 Å². The molecule has 0 aliphatic rings. The molecule has 0 unspecified atom stereocenters. The molecule has 9 heteroatoms. The summed E-state index contributed by atoms with van der Waals surface area (Å²) in [5.41, 5.74) is -0.951. The lowest BCUT2D eigenvalue weighted by molar-refractivity contribution is -0.137. The Kier molecular flexibility index (Phi) is 6.09. The molecule has 0 heterocycles. The maximum atomic E-state index is 12.4. The van der Waals surface area contributed by atoms with Crippen LogP contribution in [0.2, 0.25) is 10.0 Å². The van der Waals surface area contributed by atoms with Crippen LogP contribution in [-0.4, -0.2) is 32.1 Å². The maximum absolute atomic E-state index is 12.4.